The standard InChI is InChI=1S/C26H27F2N7O3S.C2H6/c1-37-10-9-35-8-7-19(34-35)20-11-16(17-12-21(24(27)28)30-14-22(17)38-2)18(13-29-20)25(36)31-26-33-32-23(39-26)6-5-15-3-4-15;1-2/h11-15,24,26,33H,3-4,7-10H2,1-2H3,(H,31,36);1-2H3. The first-order chi connectivity index (χ1) is 19.9. The van der Waals surface area contributed by atoms with Gasteiger partial charge in [0.15, 0.2) is 10.5 Å². The molecule has 1 unspecified atom stereocenters. The number of methoxy groups -OCH3 is 2. The van der Waals surface area contributed by atoms with Crippen molar-refractivity contribution in [2.45, 2.75) is 45.0 Å². The third kappa shape index (κ3) is 7.71. The molecule has 2 aromatic heterocycles. The van der Waals surface area contributed by atoms with Crippen LogP contribution in [-0.2, 0) is 4.74 Å². The smallest absolute Gasteiger partial charge is 0.280 e. The molecule has 2 aliphatic heterocycles. The van der Waals surface area contributed by atoms with Gasteiger partial charge in [0.25, 0.3) is 12.3 Å². The van der Waals surface area contributed by atoms with Gasteiger partial charge in [0.05, 0.1) is 43.4 Å². The van der Waals surface area contributed by atoms with E-state index in [4.69, 9.17) is 9.47 Å². The fourth-order valence-electron chi connectivity index (χ4n) is 4.00. The predicted octanol–water partition coefficient (Wildman–Crippen LogP) is 4.25. The second kappa shape index (κ2) is 14.2. The molecule has 2 aromatic rings. The van der Waals surface area contributed by atoms with Crippen molar-refractivity contribution < 1.29 is 23.0 Å². The third-order valence-corrected chi connectivity index (χ3v) is 7.10. The first-order valence-electron chi connectivity index (χ1n) is 13.4. The Morgan fingerprint density at radius 3 is 2.73 bits per heavy atom. The number of rotatable bonds is 9. The molecule has 1 fully saturated rings. The van der Waals surface area contributed by atoms with Gasteiger partial charge in [-0.05, 0) is 42.7 Å². The molecule has 3 aliphatic rings. The number of hydrogen-bond donors (Lipinski definition) is 2. The zero-order valence-electron chi connectivity index (χ0n) is 23.4. The average Bonchev–Trinajstić information content (AvgIpc) is 3.52. The van der Waals surface area contributed by atoms with Crippen LogP contribution in [0.1, 0.15) is 61.3 Å². The Morgan fingerprint density at radius 2 is 2.02 bits per heavy atom. The number of ether oxygens (including phenoxy) is 2. The van der Waals surface area contributed by atoms with E-state index in [-0.39, 0.29) is 11.3 Å². The van der Waals surface area contributed by atoms with E-state index in [9.17, 15) is 13.6 Å². The summed E-state index contributed by atoms with van der Waals surface area (Å²) in [6, 6.07) is 2.91. The molecule has 0 saturated heterocycles. The summed E-state index contributed by atoms with van der Waals surface area (Å²) in [5.74, 6) is 6.38. The van der Waals surface area contributed by atoms with Crippen molar-refractivity contribution in [3.05, 3.63) is 41.5 Å². The van der Waals surface area contributed by atoms with Crippen molar-refractivity contribution in [3.63, 3.8) is 0 Å². The lowest BCUT2D eigenvalue weighted by atomic mass is 9.98. The van der Waals surface area contributed by atoms with Gasteiger partial charge in [0.2, 0.25) is 0 Å². The molecular weight excluding hydrogens is 552 g/mol. The van der Waals surface area contributed by atoms with Gasteiger partial charge in [-0.1, -0.05) is 19.8 Å². The number of hydrogen-bond acceptors (Lipinski definition) is 10. The highest BCUT2D eigenvalue weighted by Crippen LogP contribution is 2.35. The van der Waals surface area contributed by atoms with Crippen LogP contribution in [0.15, 0.2) is 34.7 Å². The van der Waals surface area contributed by atoms with Gasteiger partial charge < -0.3 is 14.8 Å². The van der Waals surface area contributed by atoms with Crippen molar-refractivity contribution in [1.29, 1.82) is 0 Å². The van der Waals surface area contributed by atoms with Crippen LogP contribution in [0.3, 0.4) is 0 Å². The van der Waals surface area contributed by atoms with Gasteiger partial charge in [0, 0.05) is 43.3 Å². The van der Waals surface area contributed by atoms with E-state index in [1.165, 1.54) is 37.3 Å². The van der Waals surface area contributed by atoms with Crippen LogP contribution in [0, 0.1) is 17.8 Å². The van der Waals surface area contributed by atoms with E-state index in [1.54, 1.807) is 13.2 Å². The quantitative estimate of drug-likeness (QED) is 0.420. The number of thioether (sulfide) groups is 1. The zero-order valence-corrected chi connectivity index (χ0v) is 24.2. The number of amides is 1. The highest BCUT2D eigenvalue weighted by Gasteiger charge is 2.27. The molecule has 10 nitrogen and oxygen atoms in total. The number of alkyl halides is 2. The summed E-state index contributed by atoms with van der Waals surface area (Å²) < 4.78 is 37.7. The van der Waals surface area contributed by atoms with Crippen LogP contribution in [0.4, 0.5) is 8.78 Å². The predicted molar refractivity (Wildman–Crippen MR) is 155 cm³/mol. The lowest BCUT2D eigenvalue weighted by Crippen LogP contribution is -2.39. The van der Waals surface area contributed by atoms with Gasteiger partial charge in [-0.3, -0.25) is 25.2 Å². The topological polar surface area (TPSA) is 113 Å². The SMILES string of the molecule is CC.COCCN1CCC(c2cc(-c3cc(C(F)F)ncc3OC)c(C(=O)NC3NN=C(C#CC4CC4)S3)cn2)=N1. The van der Waals surface area contributed by atoms with E-state index in [2.05, 4.69) is 42.8 Å². The summed E-state index contributed by atoms with van der Waals surface area (Å²) >= 11 is 1.29. The van der Waals surface area contributed by atoms with E-state index >= 15 is 0 Å². The summed E-state index contributed by atoms with van der Waals surface area (Å²) in [5, 5.41) is 14.1. The fraction of sp³-hybridized carbons (Fsp3) is 0.464. The normalized spacial score (nSPS) is 17.5. The second-order valence-electron chi connectivity index (χ2n) is 9.03. The molecule has 2 N–H and O–H groups in total. The van der Waals surface area contributed by atoms with E-state index < -0.39 is 23.5 Å². The van der Waals surface area contributed by atoms with Crippen LogP contribution in [0.5, 0.6) is 5.75 Å². The molecule has 4 heterocycles. The molecule has 0 spiro atoms. The maximum absolute atomic E-state index is 13.6. The largest absolute Gasteiger partial charge is 0.494 e. The van der Waals surface area contributed by atoms with Crippen molar-refractivity contribution in [1.82, 2.24) is 25.7 Å². The van der Waals surface area contributed by atoms with Crippen LogP contribution in [-0.4, -0.2) is 71.1 Å². The molecule has 1 saturated carbocycles. The number of nitrogens with zero attached hydrogens (tertiary/aromatic N) is 5. The van der Waals surface area contributed by atoms with Gasteiger partial charge in [-0.25, -0.2) is 8.78 Å². The minimum absolute atomic E-state index is 0.179. The Kier molecular flexibility index (Phi) is 10.5. The van der Waals surface area contributed by atoms with Crippen molar-refractivity contribution >= 4 is 28.4 Å². The van der Waals surface area contributed by atoms with Gasteiger partial charge in [0.1, 0.15) is 11.4 Å². The van der Waals surface area contributed by atoms with Crippen LogP contribution in [0.2, 0.25) is 0 Å². The molecule has 0 aromatic carbocycles. The lowest BCUT2D eigenvalue weighted by molar-refractivity contribution is 0.0946. The van der Waals surface area contributed by atoms with Gasteiger partial charge in [-0.15, -0.1) is 0 Å². The number of hydrazone groups is 2. The minimum Gasteiger partial charge on any atom is -0.494 e. The number of halogens is 2. The van der Waals surface area contributed by atoms with Crippen molar-refractivity contribution in [2.75, 3.05) is 33.9 Å². The summed E-state index contributed by atoms with van der Waals surface area (Å²) in [4.78, 5) is 21.8. The molecule has 0 radical (unpaired) electrons. The minimum atomic E-state index is -2.80. The monoisotopic (exact) mass is 585 g/mol. The second-order valence-corrected chi connectivity index (χ2v) is 10.1. The van der Waals surface area contributed by atoms with Crippen molar-refractivity contribution in [2.24, 2.45) is 16.1 Å². The highest BCUT2D eigenvalue weighted by molar-refractivity contribution is 8.15. The molecule has 5 rings (SSSR count). The number of nitrogens with one attached hydrogen (secondary N) is 2. The molecule has 0 bridgehead atoms. The zero-order chi connectivity index (χ0) is 29.4. The van der Waals surface area contributed by atoms with Gasteiger partial charge in [-0.2, -0.15) is 10.2 Å². The number of carbonyl (C=O) groups excluding carboxylic acids is 1. The van der Waals surface area contributed by atoms with E-state index in [0.29, 0.717) is 53.9 Å². The summed E-state index contributed by atoms with van der Waals surface area (Å²) in [6.07, 6.45) is 2.71. The van der Waals surface area contributed by atoms with E-state index in [1.807, 2.05) is 18.9 Å². The van der Waals surface area contributed by atoms with Crippen molar-refractivity contribution in [3.8, 4) is 28.7 Å². The average molecular weight is 586 g/mol. The highest BCUT2D eigenvalue weighted by atomic mass is 32.2. The summed E-state index contributed by atoms with van der Waals surface area (Å²) in [7, 11) is 3.04. The summed E-state index contributed by atoms with van der Waals surface area (Å²) in [5.41, 5.74) is 3.99. The first-order valence-corrected chi connectivity index (χ1v) is 14.3. The third-order valence-electron chi connectivity index (χ3n) is 6.22. The molecule has 1 aliphatic carbocycles. The van der Waals surface area contributed by atoms with Crippen LogP contribution in [0.25, 0.3) is 11.1 Å². The lowest BCUT2D eigenvalue weighted by Gasteiger charge is -2.17. The van der Waals surface area contributed by atoms with Crippen LogP contribution < -0.4 is 15.5 Å². The Bertz CT molecular complexity index is 1370. The Morgan fingerprint density at radius 1 is 1.22 bits per heavy atom. The maximum Gasteiger partial charge on any atom is 0.280 e. The number of pyridine rings is 2. The van der Waals surface area contributed by atoms with Gasteiger partial charge >= 0.3 is 0 Å². The number of carbonyl (C=O) groups is 1. The first kappa shape index (κ1) is 30.2. The molecule has 13 heteroatoms. The molecule has 1 atom stereocenters. The number of aromatic nitrogens is 2. The van der Waals surface area contributed by atoms with E-state index in [0.717, 1.165) is 18.6 Å². The Hall–Kier alpha value is -3.76. The maximum atomic E-state index is 13.6. The molecule has 1 amide bonds. The molecule has 218 valence electrons. The summed E-state index contributed by atoms with van der Waals surface area (Å²) in [6.45, 7) is 5.86. The molecular formula is C28H33F2N7O3S. The fourth-order valence-corrected chi connectivity index (χ4v) is 4.72. The Balaban J connectivity index is 0.00000189. The Labute approximate surface area is 242 Å². The van der Waals surface area contributed by atoms with Crippen LogP contribution >= 0.6 is 11.8 Å². The molecule has 41 heavy (non-hydrogen) atoms.